The standard InChI is InChI=1S/C8H7F3O2S/c1-13-6-2-3-14-7(6)5(12)4-8(9,10)11/h2-3H,4H2,1H3. The fourth-order valence-electron chi connectivity index (χ4n) is 0.924. The summed E-state index contributed by atoms with van der Waals surface area (Å²) in [6.45, 7) is 0. The summed E-state index contributed by atoms with van der Waals surface area (Å²) >= 11 is 0.948. The third-order valence-electron chi connectivity index (χ3n) is 1.46. The highest BCUT2D eigenvalue weighted by Crippen LogP contribution is 2.29. The van der Waals surface area contributed by atoms with Crippen LogP contribution in [0.25, 0.3) is 0 Å². The van der Waals surface area contributed by atoms with E-state index in [4.69, 9.17) is 4.74 Å². The van der Waals surface area contributed by atoms with Gasteiger partial charge in [0.15, 0.2) is 5.78 Å². The molecule has 0 atom stereocenters. The van der Waals surface area contributed by atoms with Gasteiger partial charge < -0.3 is 4.74 Å². The molecule has 14 heavy (non-hydrogen) atoms. The Kier molecular flexibility index (Phi) is 3.15. The minimum Gasteiger partial charge on any atom is -0.495 e. The molecule has 1 rings (SSSR count). The van der Waals surface area contributed by atoms with Crippen LogP contribution in [-0.4, -0.2) is 19.1 Å². The van der Waals surface area contributed by atoms with Crippen molar-refractivity contribution in [1.82, 2.24) is 0 Å². The Morgan fingerprint density at radius 3 is 2.71 bits per heavy atom. The summed E-state index contributed by atoms with van der Waals surface area (Å²) in [5, 5.41) is 1.52. The number of carbonyl (C=O) groups is 1. The van der Waals surface area contributed by atoms with Crippen molar-refractivity contribution >= 4 is 17.1 Å². The fraction of sp³-hybridized carbons (Fsp3) is 0.375. The van der Waals surface area contributed by atoms with Crippen LogP contribution in [0.15, 0.2) is 11.4 Å². The molecule has 1 aromatic heterocycles. The van der Waals surface area contributed by atoms with Crippen LogP contribution in [0.2, 0.25) is 0 Å². The van der Waals surface area contributed by atoms with Crippen molar-refractivity contribution in [3.8, 4) is 5.75 Å². The summed E-state index contributed by atoms with van der Waals surface area (Å²) in [4.78, 5) is 11.1. The van der Waals surface area contributed by atoms with E-state index < -0.39 is 18.4 Å². The number of alkyl halides is 3. The van der Waals surface area contributed by atoms with E-state index in [9.17, 15) is 18.0 Å². The average Bonchev–Trinajstić information content (AvgIpc) is 2.47. The fourth-order valence-corrected chi connectivity index (χ4v) is 1.72. The first kappa shape index (κ1) is 11.0. The third kappa shape index (κ3) is 2.73. The first-order valence-electron chi connectivity index (χ1n) is 3.65. The largest absolute Gasteiger partial charge is 0.495 e. The summed E-state index contributed by atoms with van der Waals surface area (Å²) in [5.74, 6) is -0.756. The van der Waals surface area contributed by atoms with Crippen LogP contribution in [-0.2, 0) is 0 Å². The minimum atomic E-state index is -4.47. The van der Waals surface area contributed by atoms with Gasteiger partial charge in [0.1, 0.15) is 17.0 Å². The molecule has 0 unspecified atom stereocenters. The van der Waals surface area contributed by atoms with Crippen LogP contribution in [0.3, 0.4) is 0 Å². The lowest BCUT2D eigenvalue weighted by atomic mass is 10.2. The summed E-state index contributed by atoms with van der Waals surface area (Å²) < 4.78 is 40.4. The van der Waals surface area contributed by atoms with Gasteiger partial charge >= 0.3 is 6.18 Å². The summed E-state index contributed by atoms with van der Waals surface area (Å²) in [5.41, 5.74) is 0. The van der Waals surface area contributed by atoms with Gasteiger partial charge in [-0.15, -0.1) is 11.3 Å². The number of thiophene rings is 1. The Morgan fingerprint density at radius 1 is 1.57 bits per heavy atom. The molecule has 0 N–H and O–H groups in total. The van der Waals surface area contributed by atoms with E-state index in [1.807, 2.05) is 0 Å². The van der Waals surface area contributed by atoms with Gasteiger partial charge in [-0.05, 0) is 11.4 Å². The number of rotatable bonds is 3. The van der Waals surface area contributed by atoms with Crippen molar-refractivity contribution in [1.29, 1.82) is 0 Å². The van der Waals surface area contributed by atoms with E-state index >= 15 is 0 Å². The lowest BCUT2D eigenvalue weighted by Gasteiger charge is -2.05. The second kappa shape index (κ2) is 4.00. The normalized spacial score (nSPS) is 11.4. The van der Waals surface area contributed by atoms with Crippen molar-refractivity contribution in [2.24, 2.45) is 0 Å². The zero-order chi connectivity index (χ0) is 10.8. The van der Waals surface area contributed by atoms with E-state index in [-0.39, 0.29) is 10.6 Å². The predicted molar refractivity (Wildman–Crippen MR) is 45.9 cm³/mol. The van der Waals surface area contributed by atoms with Gasteiger partial charge in [-0.3, -0.25) is 4.79 Å². The van der Waals surface area contributed by atoms with Gasteiger partial charge in [0, 0.05) is 0 Å². The van der Waals surface area contributed by atoms with Gasteiger partial charge in [-0.25, -0.2) is 0 Å². The Morgan fingerprint density at radius 2 is 2.21 bits per heavy atom. The maximum atomic E-state index is 11.9. The topological polar surface area (TPSA) is 26.3 Å². The number of ether oxygens (including phenoxy) is 1. The minimum absolute atomic E-state index is 0.0184. The van der Waals surface area contributed by atoms with E-state index in [2.05, 4.69) is 0 Å². The number of hydrogen-bond donors (Lipinski definition) is 0. The summed E-state index contributed by atoms with van der Waals surface area (Å²) in [6, 6.07) is 1.47. The molecule has 0 aliphatic heterocycles. The molecule has 0 aliphatic carbocycles. The molecule has 0 bridgehead atoms. The highest BCUT2D eigenvalue weighted by Gasteiger charge is 2.33. The van der Waals surface area contributed by atoms with E-state index in [1.54, 1.807) is 0 Å². The van der Waals surface area contributed by atoms with E-state index in [0.29, 0.717) is 0 Å². The molecule has 0 saturated carbocycles. The van der Waals surface area contributed by atoms with Crippen molar-refractivity contribution < 1.29 is 22.7 Å². The number of Topliss-reactive ketones (excluding diaryl/α,β-unsaturated/α-hetero) is 1. The van der Waals surface area contributed by atoms with Gasteiger partial charge in [-0.1, -0.05) is 0 Å². The van der Waals surface area contributed by atoms with Crippen molar-refractivity contribution in [2.75, 3.05) is 7.11 Å². The zero-order valence-corrected chi connectivity index (χ0v) is 8.04. The number of methoxy groups -OCH3 is 1. The van der Waals surface area contributed by atoms with Crippen molar-refractivity contribution in [2.45, 2.75) is 12.6 Å². The Bertz CT molecular complexity index is 330. The molecule has 0 amide bonds. The first-order chi connectivity index (χ1) is 6.44. The summed E-state index contributed by atoms with van der Waals surface area (Å²) in [7, 11) is 1.31. The molecule has 0 saturated heterocycles. The van der Waals surface area contributed by atoms with Crippen LogP contribution < -0.4 is 4.74 Å². The molecular weight excluding hydrogens is 217 g/mol. The maximum Gasteiger partial charge on any atom is 0.396 e. The van der Waals surface area contributed by atoms with Crippen molar-refractivity contribution in [3.63, 3.8) is 0 Å². The van der Waals surface area contributed by atoms with Crippen LogP contribution in [0.5, 0.6) is 5.75 Å². The molecule has 0 aliphatic rings. The highest BCUT2D eigenvalue weighted by atomic mass is 32.1. The van der Waals surface area contributed by atoms with Crippen LogP contribution >= 0.6 is 11.3 Å². The molecule has 0 radical (unpaired) electrons. The number of ketones is 1. The number of hydrogen-bond acceptors (Lipinski definition) is 3. The molecule has 6 heteroatoms. The van der Waals surface area contributed by atoms with Crippen molar-refractivity contribution in [3.05, 3.63) is 16.3 Å². The van der Waals surface area contributed by atoms with Crippen LogP contribution in [0.4, 0.5) is 13.2 Å². The first-order valence-corrected chi connectivity index (χ1v) is 4.53. The Labute approximate surface area is 82.3 Å². The second-order valence-corrected chi connectivity index (χ2v) is 3.45. The smallest absolute Gasteiger partial charge is 0.396 e. The maximum absolute atomic E-state index is 11.9. The molecule has 1 aromatic rings. The molecule has 0 spiro atoms. The summed E-state index contributed by atoms with van der Waals surface area (Å²) in [6.07, 6.45) is -5.91. The Hall–Kier alpha value is -1.04. The Balaban J connectivity index is 2.80. The lowest BCUT2D eigenvalue weighted by Crippen LogP contribution is -2.14. The van der Waals surface area contributed by atoms with Crippen LogP contribution in [0, 0.1) is 0 Å². The number of halogens is 3. The molecule has 78 valence electrons. The molecule has 1 heterocycles. The highest BCUT2D eigenvalue weighted by molar-refractivity contribution is 7.12. The molecule has 0 fully saturated rings. The molecular formula is C8H7F3O2S. The van der Waals surface area contributed by atoms with Gasteiger partial charge in [0.25, 0.3) is 0 Å². The average molecular weight is 224 g/mol. The zero-order valence-electron chi connectivity index (χ0n) is 7.22. The molecule has 2 nitrogen and oxygen atoms in total. The SMILES string of the molecule is COc1ccsc1C(=O)CC(F)(F)F. The van der Waals surface area contributed by atoms with E-state index in [0.717, 1.165) is 11.3 Å². The third-order valence-corrected chi connectivity index (χ3v) is 2.40. The lowest BCUT2D eigenvalue weighted by molar-refractivity contribution is -0.125. The number of carbonyl (C=O) groups excluding carboxylic acids is 1. The monoisotopic (exact) mass is 224 g/mol. The van der Waals surface area contributed by atoms with Gasteiger partial charge in [0.2, 0.25) is 0 Å². The van der Waals surface area contributed by atoms with E-state index in [1.165, 1.54) is 18.6 Å². The molecule has 0 aromatic carbocycles. The predicted octanol–water partition coefficient (Wildman–Crippen LogP) is 2.89. The van der Waals surface area contributed by atoms with Gasteiger partial charge in [-0.2, -0.15) is 13.2 Å². The van der Waals surface area contributed by atoms with Gasteiger partial charge in [0.05, 0.1) is 7.11 Å². The quantitative estimate of drug-likeness (QED) is 0.738. The van der Waals surface area contributed by atoms with Crippen LogP contribution in [0.1, 0.15) is 16.1 Å². The second-order valence-electron chi connectivity index (χ2n) is 2.53.